The molecule has 0 aliphatic carbocycles. The third-order valence-electron chi connectivity index (χ3n) is 2.99. The maximum atomic E-state index is 12.9. The monoisotopic (exact) mass is 260 g/mol. The van der Waals surface area contributed by atoms with E-state index in [1.807, 2.05) is 0 Å². The number of halogens is 3. The molecule has 0 amide bonds. The lowest BCUT2D eigenvalue weighted by Crippen LogP contribution is -2.28. The van der Waals surface area contributed by atoms with Gasteiger partial charge in [0.25, 0.3) is 0 Å². The third-order valence-corrected chi connectivity index (χ3v) is 2.99. The molecule has 1 aliphatic heterocycles. The molecular formula is C12H15F3N2O. The van der Waals surface area contributed by atoms with E-state index in [4.69, 9.17) is 4.74 Å². The fourth-order valence-corrected chi connectivity index (χ4v) is 2.10. The molecule has 1 N–H and O–H groups in total. The lowest BCUT2D eigenvalue weighted by molar-refractivity contribution is -0.139. The first-order valence-corrected chi connectivity index (χ1v) is 5.87. The summed E-state index contributed by atoms with van der Waals surface area (Å²) in [5.74, 6) is -0.135. The number of ether oxygens (including phenoxy) is 1. The molecule has 1 aromatic rings. The maximum absolute atomic E-state index is 12.9. The van der Waals surface area contributed by atoms with Gasteiger partial charge in [-0.25, -0.2) is 0 Å². The Bertz CT molecular complexity index is 414. The van der Waals surface area contributed by atoms with Crippen molar-refractivity contribution in [2.75, 3.05) is 13.2 Å². The molecule has 1 fully saturated rings. The number of aromatic nitrogens is 1. The molecule has 0 aromatic carbocycles. The summed E-state index contributed by atoms with van der Waals surface area (Å²) in [5, 5.41) is 3.18. The molecule has 2 rings (SSSR count). The van der Waals surface area contributed by atoms with Crippen LogP contribution in [0.25, 0.3) is 0 Å². The van der Waals surface area contributed by atoms with Crippen LogP contribution >= 0.6 is 0 Å². The van der Waals surface area contributed by atoms with E-state index in [2.05, 4.69) is 10.3 Å². The molecular weight excluding hydrogens is 245 g/mol. The molecule has 0 spiro atoms. The summed E-state index contributed by atoms with van der Waals surface area (Å²) >= 11 is 0. The Labute approximate surface area is 103 Å². The van der Waals surface area contributed by atoms with E-state index in [0.29, 0.717) is 0 Å². The van der Waals surface area contributed by atoms with Gasteiger partial charge in [-0.2, -0.15) is 13.2 Å². The minimum Gasteiger partial charge on any atom is -0.491 e. The van der Waals surface area contributed by atoms with Gasteiger partial charge in [0.2, 0.25) is 0 Å². The highest BCUT2D eigenvalue weighted by Crippen LogP contribution is 2.37. The Kier molecular flexibility index (Phi) is 3.75. The van der Waals surface area contributed by atoms with Gasteiger partial charge in [0.05, 0.1) is 5.69 Å². The van der Waals surface area contributed by atoms with Crippen molar-refractivity contribution in [3.63, 3.8) is 0 Å². The van der Waals surface area contributed by atoms with Crippen LogP contribution in [-0.2, 0) is 6.18 Å². The number of pyridine rings is 1. The summed E-state index contributed by atoms with van der Waals surface area (Å²) in [6.45, 7) is 2.49. The number of rotatable bonds is 3. The molecule has 1 unspecified atom stereocenters. The zero-order valence-corrected chi connectivity index (χ0v) is 10.0. The second-order valence-electron chi connectivity index (χ2n) is 4.37. The van der Waals surface area contributed by atoms with Crippen molar-refractivity contribution < 1.29 is 17.9 Å². The van der Waals surface area contributed by atoms with E-state index >= 15 is 0 Å². The number of hydrogen-bond donors (Lipinski definition) is 1. The fourth-order valence-electron chi connectivity index (χ4n) is 2.10. The molecule has 2 heterocycles. The first kappa shape index (κ1) is 13.1. The zero-order valence-electron chi connectivity index (χ0n) is 10.0. The van der Waals surface area contributed by atoms with Crippen molar-refractivity contribution in [3.8, 4) is 5.75 Å². The van der Waals surface area contributed by atoms with Gasteiger partial charge >= 0.3 is 6.18 Å². The molecule has 6 heteroatoms. The van der Waals surface area contributed by atoms with Crippen LogP contribution in [-0.4, -0.2) is 24.2 Å². The van der Waals surface area contributed by atoms with Gasteiger partial charge < -0.3 is 10.1 Å². The molecule has 1 saturated heterocycles. The van der Waals surface area contributed by atoms with E-state index in [1.54, 1.807) is 0 Å². The standard InChI is InChI=1S/C12H15F3N2O/c1-8-11(12(13,14)15)10(4-6-16-8)18-7-9-3-2-5-17-9/h4,6,9,17H,2-3,5,7H2,1H3. The number of nitrogens with one attached hydrogen (secondary N) is 1. The van der Waals surface area contributed by atoms with Crippen LogP contribution in [0.2, 0.25) is 0 Å². The van der Waals surface area contributed by atoms with Gasteiger partial charge in [-0.05, 0) is 32.4 Å². The van der Waals surface area contributed by atoms with Crippen LogP contribution in [0.15, 0.2) is 12.3 Å². The largest absolute Gasteiger partial charge is 0.491 e. The molecule has 0 bridgehead atoms. The van der Waals surface area contributed by atoms with Crippen molar-refractivity contribution in [1.29, 1.82) is 0 Å². The SMILES string of the molecule is Cc1nccc(OCC2CCCN2)c1C(F)(F)F. The smallest absolute Gasteiger partial charge is 0.421 e. The van der Waals surface area contributed by atoms with Crippen LogP contribution in [0, 0.1) is 6.92 Å². The van der Waals surface area contributed by atoms with Crippen molar-refractivity contribution in [2.45, 2.75) is 32.0 Å². The van der Waals surface area contributed by atoms with Gasteiger partial charge in [-0.3, -0.25) is 4.98 Å². The Balaban J connectivity index is 2.14. The Morgan fingerprint density at radius 3 is 2.89 bits per heavy atom. The average molecular weight is 260 g/mol. The lowest BCUT2D eigenvalue weighted by atomic mass is 10.2. The summed E-state index contributed by atoms with van der Waals surface area (Å²) < 4.78 is 43.9. The van der Waals surface area contributed by atoms with E-state index < -0.39 is 11.7 Å². The quantitative estimate of drug-likeness (QED) is 0.906. The summed E-state index contributed by atoms with van der Waals surface area (Å²) in [5.41, 5.74) is -0.831. The number of hydrogen-bond acceptors (Lipinski definition) is 3. The number of nitrogens with zero attached hydrogens (tertiary/aromatic N) is 1. The summed E-state index contributed by atoms with van der Waals surface area (Å²) in [7, 11) is 0. The zero-order chi connectivity index (χ0) is 13.2. The van der Waals surface area contributed by atoms with Crippen molar-refractivity contribution in [2.24, 2.45) is 0 Å². The molecule has 3 nitrogen and oxygen atoms in total. The van der Waals surface area contributed by atoms with Gasteiger partial charge in [0, 0.05) is 12.2 Å². The van der Waals surface area contributed by atoms with Gasteiger partial charge in [0.15, 0.2) is 0 Å². The van der Waals surface area contributed by atoms with Crippen molar-refractivity contribution in [1.82, 2.24) is 10.3 Å². The predicted octanol–water partition coefficient (Wildman–Crippen LogP) is 2.54. The molecule has 1 aliphatic rings. The van der Waals surface area contributed by atoms with E-state index in [-0.39, 0.29) is 24.1 Å². The normalized spacial score (nSPS) is 20.1. The van der Waals surface area contributed by atoms with Crippen LogP contribution in [0.1, 0.15) is 24.1 Å². The van der Waals surface area contributed by atoms with Crippen LogP contribution in [0.4, 0.5) is 13.2 Å². The fraction of sp³-hybridized carbons (Fsp3) is 0.583. The molecule has 1 aromatic heterocycles. The first-order valence-electron chi connectivity index (χ1n) is 5.87. The van der Waals surface area contributed by atoms with E-state index in [0.717, 1.165) is 19.4 Å². The molecule has 100 valence electrons. The lowest BCUT2D eigenvalue weighted by Gasteiger charge is -2.17. The van der Waals surface area contributed by atoms with Crippen LogP contribution in [0.5, 0.6) is 5.75 Å². The van der Waals surface area contributed by atoms with Crippen LogP contribution < -0.4 is 10.1 Å². The molecule has 0 saturated carbocycles. The minimum absolute atomic E-state index is 0.0561. The first-order chi connectivity index (χ1) is 8.48. The summed E-state index contributed by atoms with van der Waals surface area (Å²) in [6, 6.07) is 1.41. The Morgan fingerprint density at radius 2 is 2.28 bits per heavy atom. The van der Waals surface area contributed by atoms with Gasteiger partial charge in [-0.15, -0.1) is 0 Å². The highest BCUT2D eigenvalue weighted by atomic mass is 19.4. The predicted molar refractivity (Wildman–Crippen MR) is 60.5 cm³/mol. The molecule has 0 radical (unpaired) electrons. The second kappa shape index (κ2) is 5.14. The maximum Gasteiger partial charge on any atom is 0.421 e. The summed E-state index contributed by atoms with van der Waals surface area (Å²) in [6.07, 6.45) is -1.13. The third kappa shape index (κ3) is 2.93. The highest BCUT2D eigenvalue weighted by Gasteiger charge is 2.37. The Morgan fingerprint density at radius 1 is 1.50 bits per heavy atom. The molecule has 1 atom stereocenters. The Hall–Kier alpha value is -1.30. The summed E-state index contributed by atoms with van der Waals surface area (Å²) in [4.78, 5) is 3.67. The average Bonchev–Trinajstić information content (AvgIpc) is 2.77. The van der Waals surface area contributed by atoms with Gasteiger partial charge in [-0.1, -0.05) is 0 Å². The van der Waals surface area contributed by atoms with Gasteiger partial charge in [0.1, 0.15) is 17.9 Å². The van der Waals surface area contributed by atoms with E-state index in [1.165, 1.54) is 19.2 Å². The van der Waals surface area contributed by atoms with Crippen LogP contribution in [0.3, 0.4) is 0 Å². The number of aryl methyl sites for hydroxylation is 1. The minimum atomic E-state index is -4.43. The molecule has 18 heavy (non-hydrogen) atoms. The topological polar surface area (TPSA) is 34.1 Å². The van der Waals surface area contributed by atoms with Crippen molar-refractivity contribution >= 4 is 0 Å². The van der Waals surface area contributed by atoms with Crippen molar-refractivity contribution in [3.05, 3.63) is 23.5 Å². The highest BCUT2D eigenvalue weighted by molar-refractivity contribution is 5.37. The number of alkyl halides is 3. The second-order valence-corrected chi connectivity index (χ2v) is 4.37. The van der Waals surface area contributed by atoms with E-state index in [9.17, 15) is 13.2 Å².